The van der Waals surface area contributed by atoms with Crippen molar-refractivity contribution in [2.24, 2.45) is 11.5 Å². The van der Waals surface area contributed by atoms with Gasteiger partial charge in [-0.3, -0.25) is 19.2 Å². The average molecular weight is 337 g/mol. The predicted molar refractivity (Wildman–Crippen MR) is 83.2 cm³/mol. The highest BCUT2D eigenvalue weighted by Crippen LogP contribution is 2.31. The van der Waals surface area contributed by atoms with Crippen LogP contribution < -0.4 is 26.3 Å². The molecule has 1 aromatic rings. The molecule has 0 spiro atoms. The number of nitrogens with two attached hydrogens (primary N) is 2. The molecule has 130 valence electrons. The normalized spacial score (nSPS) is 11.3. The molecule has 0 radical (unpaired) electrons. The zero-order valence-electron chi connectivity index (χ0n) is 13.3. The van der Waals surface area contributed by atoms with E-state index in [1.54, 1.807) is 0 Å². The van der Waals surface area contributed by atoms with Crippen molar-refractivity contribution < 1.29 is 28.7 Å². The average Bonchev–Trinajstić information content (AvgIpc) is 2.47. The number of carbonyl (C=O) groups excluding carboxylic acids is 4. The van der Waals surface area contributed by atoms with Gasteiger partial charge < -0.3 is 26.3 Å². The third-order valence-corrected chi connectivity index (χ3v) is 2.83. The maximum Gasteiger partial charge on any atom is 0.308 e. The van der Waals surface area contributed by atoms with Crippen molar-refractivity contribution in [3.63, 3.8) is 0 Å². The predicted octanol–water partition coefficient (Wildman–Crippen LogP) is -0.530. The summed E-state index contributed by atoms with van der Waals surface area (Å²) in [4.78, 5) is 45.4. The summed E-state index contributed by atoms with van der Waals surface area (Å²) < 4.78 is 9.92. The van der Waals surface area contributed by atoms with E-state index in [2.05, 4.69) is 5.32 Å². The lowest BCUT2D eigenvalue weighted by Crippen LogP contribution is -2.39. The van der Waals surface area contributed by atoms with Crippen molar-refractivity contribution in [3.05, 3.63) is 23.8 Å². The van der Waals surface area contributed by atoms with Crippen molar-refractivity contribution in [1.82, 2.24) is 5.32 Å². The summed E-state index contributed by atoms with van der Waals surface area (Å²) in [6.07, 6.45) is 0.146. The number of ether oxygens (including phenoxy) is 2. The third-order valence-electron chi connectivity index (χ3n) is 2.83. The number of hydrogen-bond acceptors (Lipinski definition) is 7. The van der Waals surface area contributed by atoms with Crippen LogP contribution in [-0.2, 0) is 14.4 Å². The minimum absolute atomic E-state index is 0.00315. The minimum atomic E-state index is -0.884. The van der Waals surface area contributed by atoms with E-state index in [4.69, 9.17) is 20.9 Å². The molecule has 1 rings (SSSR count). The van der Waals surface area contributed by atoms with Gasteiger partial charge >= 0.3 is 11.9 Å². The highest BCUT2D eigenvalue weighted by Gasteiger charge is 2.20. The standard InChI is InChI=1S/C15H19N3O6/c1-8(19)23-12-5-3-4-10(13(12)24-9(2)20)15(22)18-7-6-11(16)14(17)21/h3-5,11H,6-7,16H2,1-2H3,(H2,17,21)(H,18,22)/t11-/m0/s1. The molecule has 1 atom stereocenters. The van der Waals surface area contributed by atoms with Crippen molar-refractivity contribution >= 4 is 23.8 Å². The molecule has 0 unspecified atom stereocenters. The van der Waals surface area contributed by atoms with Crippen LogP contribution in [0, 0.1) is 0 Å². The van der Waals surface area contributed by atoms with Crippen molar-refractivity contribution in [3.8, 4) is 11.5 Å². The van der Waals surface area contributed by atoms with Gasteiger partial charge in [-0.15, -0.1) is 0 Å². The van der Waals surface area contributed by atoms with Gasteiger partial charge in [0.15, 0.2) is 11.5 Å². The third kappa shape index (κ3) is 5.69. The van der Waals surface area contributed by atoms with Crippen LogP contribution in [0.5, 0.6) is 11.5 Å². The molecule has 0 aliphatic carbocycles. The van der Waals surface area contributed by atoms with E-state index >= 15 is 0 Å². The summed E-state index contributed by atoms with van der Waals surface area (Å²) in [5, 5.41) is 2.52. The van der Waals surface area contributed by atoms with Crippen LogP contribution in [0.1, 0.15) is 30.6 Å². The van der Waals surface area contributed by atoms with Gasteiger partial charge in [0.05, 0.1) is 11.6 Å². The number of hydrogen-bond donors (Lipinski definition) is 3. The van der Waals surface area contributed by atoms with Gasteiger partial charge in [0.1, 0.15) is 0 Å². The largest absolute Gasteiger partial charge is 0.423 e. The number of esters is 2. The number of rotatable bonds is 7. The van der Waals surface area contributed by atoms with Crippen molar-refractivity contribution in [2.45, 2.75) is 26.3 Å². The first-order valence-electron chi connectivity index (χ1n) is 7.05. The minimum Gasteiger partial charge on any atom is -0.423 e. The fourth-order valence-electron chi connectivity index (χ4n) is 1.76. The number of para-hydroxylation sites is 1. The highest BCUT2D eigenvalue weighted by molar-refractivity contribution is 5.98. The van der Waals surface area contributed by atoms with Gasteiger partial charge in [-0.05, 0) is 18.6 Å². The van der Waals surface area contributed by atoms with Gasteiger partial charge in [-0.1, -0.05) is 6.07 Å². The van der Waals surface area contributed by atoms with E-state index in [9.17, 15) is 19.2 Å². The van der Waals surface area contributed by atoms with Crippen molar-refractivity contribution in [2.75, 3.05) is 6.54 Å². The lowest BCUT2D eigenvalue weighted by molar-refractivity contribution is -0.134. The van der Waals surface area contributed by atoms with E-state index in [1.165, 1.54) is 25.1 Å². The first-order valence-corrected chi connectivity index (χ1v) is 7.05. The molecule has 9 heteroatoms. The smallest absolute Gasteiger partial charge is 0.308 e. The molecule has 0 heterocycles. The Morgan fingerprint density at radius 3 is 2.29 bits per heavy atom. The molecule has 0 aromatic heterocycles. The molecule has 0 saturated heterocycles. The zero-order valence-corrected chi connectivity index (χ0v) is 13.3. The molecular formula is C15H19N3O6. The van der Waals surface area contributed by atoms with Crippen LogP contribution in [-0.4, -0.2) is 36.3 Å². The van der Waals surface area contributed by atoms with E-state index in [0.29, 0.717) is 0 Å². The Labute approximate surface area is 138 Å². The molecule has 5 N–H and O–H groups in total. The fourth-order valence-corrected chi connectivity index (χ4v) is 1.76. The molecule has 0 aliphatic rings. The Bertz CT molecular complexity index is 659. The Morgan fingerprint density at radius 1 is 1.12 bits per heavy atom. The quantitative estimate of drug-likeness (QED) is 0.447. The first kappa shape index (κ1) is 19.1. The van der Waals surface area contributed by atoms with Crippen LogP contribution >= 0.6 is 0 Å². The number of carbonyl (C=O) groups is 4. The molecule has 0 bridgehead atoms. The van der Waals surface area contributed by atoms with Gasteiger partial charge in [0.25, 0.3) is 5.91 Å². The lowest BCUT2D eigenvalue weighted by atomic mass is 10.1. The van der Waals surface area contributed by atoms with E-state index in [-0.39, 0.29) is 30.0 Å². The van der Waals surface area contributed by atoms with Crippen molar-refractivity contribution in [1.29, 1.82) is 0 Å². The second-order valence-electron chi connectivity index (χ2n) is 4.87. The van der Waals surface area contributed by atoms with Crippen LogP contribution in [0.2, 0.25) is 0 Å². The highest BCUT2D eigenvalue weighted by atomic mass is 16.6. The number of benzene rings is 1. The van der Waals surface area contributed by atoms with Crippen LogP contribution in [0.25, 0.3) is 0 Å². The SMILES string of the molecule is CC(=O)Oc1cccc(C(=O)NCC[C@H](N)C(N)=O)c1OC(C)=O. The molecule has 2 amide bonds. The molecule has 0 fully saturated rings. The topological polar surface area (TPSA) is 151 Å². The van der Waals surface area contributed by atoms with Crippen LogP contribution in [0.15, 0.2) is 18.2 Å². The Morgan fingerprint density at radius 2 is 1.75 bits per heavy atom. The molecule has 1 aromatic carbocycles. The molecule has 0 saturated carbocycles. The number of amides is 2. The molecule has 0 aliphatic heterocycles. The van der Waals surface area contributed by atoms with Gasteiger partial charge in [-0.2, -0.15) is 0 Å². The Kier molecular flexibility index (Phi) is 6.87. The molecule has 9 nitrogen and oxygen atoms in total. The van der Waals surface area contributed by atoms with E-state index in [0.717, 1.165) is 6.92 Å². The van der Waals surface area contributed by atoms with E-state index in [1.807, 2.05) is 0 Å². The summed E-state index contributed by atoms with van der Waals surface area (Å²) in [5.41, 5.74) is 10.5. The summed E-state index contributed by atoms with van der Waals surface area (Å²) in [7, 11) is 0. The number of primary amides is 1. The van der Waals surface area contributed by atoms with Crippen LogP contribution in [0.3, 0.4) is 0 Å². The fraction of sp³-hybridized carbons (Fsp3) is 0.333. The van der Waals surface area contributed by atoms with Gasteiger partial charge in [0.2, 0.25) is 5.91 Å². The monoisotopic (exact) mass is 337 g/mol. The first-order chi connectivity index (χ1) is 11.2. The Hall–Kier alpha value is -2.94. The second-order valence-corrected chi connectivity index (χ2v) is 4.87. The summed E-state index contributed by atoms with van der Waals surface area (Å²) in [6.45, 7) is 2.41. The summed E-state index contributed by atoms with van der Waals surface area (Å²) >= 11 is 0. The summed E-state index contributed by atoms with van der Waals surface area (Å²) in [6, 6.07) is 3.37. The second kappa shape index (κ2) is 8.63. The lowest BCUT2D eigenvalue weighted by Gasteiger charge is -2.14. The van der Waals surface area contributed by atoms with Gasteiger partial charge in [-0.25, -0.2) is 0 Å². The van der Waals surface area contributed by atoms with E-state index < -0.39 is 29.8 Å². The maximum atomic E-state index is 12.2. The number of nitrogens with one attached hydrogen (secondary N) is 1. The molecular weight excluding hydrogens is 318 g/mol. The van der Waals surface area contributed by atoms with Crippen LogP contribution in [0.4, 0.5) is 0 Å². The Balaban J connectivity index is 2.95. The molecule has 24 heavy (non-hydrogen) atoms. The zero-order chi connectivity index (χ0) is 18.3. The maximum absolute atomic E-state index is 12.2. The van der Waals surface area contributed by atoms with Gasteiger partial charge in [0, 0.05) is 20.4 Å². The summed E-state index contributed by atoms with van der Waals surface area (Å²) in [5.74, 6) is -2.80.